The summed E-state index contributed by atoms with van der Waals surface area (Å²) < 4.78 is 0.581. The van der Waals surface area contributed by atoms with Crippen molar-refractivity contribution in [1.82, 2.24) is 4.98 Å². The third-order valence-electron chi connectivity index (χ3n) is 3.09. The molecule has 0 aromatic carbocycles. The van der Waals surface area contributed by atoms with E-state index in [4.69, 9.17) is 17.5 Å². The number of aromatic amines is 1. The van der Waals surface area contributed by atoms with Gasteiger partial charge in [0.2, 0.25) is 0 Å². The minimum Gasteiger partial charge on any atom is -0.348 e. The van der Waals surface area contributed by atoms with Gasteiger partial charge in [-0.1, -0.05) is 26.1 Å². The first-order chi connectivity index (χ1) is 7.11. The van der Waals surface area contributed by atoms with Crippen molar-refractivity contribution in [3.05, 3.63) is 27.5 Å². The van der Waals surface area contributed by atoms with Gasteiger partial charge in [-0.3, -0.25) is 0 Å². The largest absolute Gasteiger partial charge is 0.348 e. The van der Waals surface area contributed by atoms with Crippen LogP contribution < -0.4 is 0 Å². The summed E-state index contributed by atoms with van der Waals surface area (Å²) in [5.74, 6) is 1.22. The molecule has 0 amide bonds. The molecule has 1 aromatic heterocycles. The monoisotopic (exact) mass is 218 g/mol. The van der Waals surface area contributed by atoms with Crippen molar-refractivity contribution in [2.24, 2.45) is 5.92 Å². The van der Waals surface area contributed by atoms with E-state index in [1.165, 1.54) is 17.7 Å². The molecule has 0 bridgehead atoms. The second-order valence-electron chi connectivity index (χ2n) is 4.51. The van der Waals surface area contributed by atoms with Gasteiger partial charge in [-0.25, -0.2) is 0 Å². The molecule has 1 aromatic rings. The van der Waals surface area contributed by atoms with E-state index in [1.807, 2.05) is 6.07 Å². The lowest BCUT2D eigenvalue weighted by Gasteiger charge is -2.27. The molecule has 1 aliphatic carbocycles. The second-order valence-corrected chi connectivity index (χ2v) is 4.92. The number of H-pyrrole nitrogens is 1. The molecule has 2 rings (SSSR count). The Morgan fingerprint density at radius 3 is 2.93 bits per heavy atom. The number of pyridine rings is 1. The van der Waals surface area contributed by atoms with E-state index in [2.05, 4.69) is 24.9 Å². The van der Waals surface area contributed by atoms with Gasteiger partial charge in [-0.2, -0.15) is 5.26 Å². The van der Waals surface area contributed by atoms with Gasteiger partial charge in [-0.05, 0) is 36.3 Å². The lowest BCUT2D eigenvalue weighted by atomic mass is 9.81. The van der Waals surface area contributed by atoms with Crippen LogP contribution in [0.25, 0.3) is 0 Å². The minimum absolute atomic E-state index is 0.526. The van der Waals surface area contributed by atoms with Gasteiger partial charge in [0.05, 0.1) is 5.56 Å². The lowest BCUT2D eigenvalue weighted by molar-refractivity contribution is 0.441. The Morgan fingerprint density at radius 1 is 1.53 bits per heavy atom. The zero-order valence-corrected chi connectivity index (χ0v) is 9.82. The SMILES string of the molecule is CC1Cc2cc(C#N)c(=S)[nH]c2C(C)C1. The average molecular weight is 218 g/mol. The molecule has 2 nitrogen and oxygen atoms in total. The van der Waals surface area contributed by atoms with Crippen molar-refractivity contribution >= 4 is 12.2 Å². The summed E-state index contributed by atoms with van der Waals surface area (Å²) in [5, 5.41) is 8.92. The fourth-order valence-corrected chi connectivity index (χ4v) is 2.67. The highest BCUT2D eigenvalue weighted by molar-refractivity contribution is 7.71. The number of fused-ring (bicyclic) bond motifs is 1. The van der Waals surface area contributed by atoms with Gasteiger partial charge >= 0.3 is 0 Å². The minimum atomic E-state index is 0.526. The number of aromatic nitrogens is 1. The van der Waals surface area contributed by atoms with E-state index in [0.717, 1.165) is 6.42 Å². The standard InChI is InChI=1S/C12H14N2S/c1-7-3-8(2)11-9(4-7)5-10(6-13)12(15)14-11/h5,7-8H,3-4H2,1-2H3,(H,14,15). The van der Waals surface area contributed by atoms with Crippen LogP contribution in [-0.2, 0) is 6.42 Å². The van der Waals surface area contributed by atoms with Crippen molar-refractivity contribution in [3.63, 3.8) is 0 Å². The van der Waals surface area contributed by atoms with Gasteiger partial charge in [-0.15, -0.1) is 0 Å². The molecule has 0 spiro atoms. The van der Waals surface area contributed by atoms with Gasteiger partial charge in [0.25, 0.3) is 0 Å². The summed E-state index contributed by atoms with van der Waals surface area (Å²) in [6, 6.07) is 4.10. The molecule has 0 saturated carbocycles. The first-order valence-corrected chi connectivity index (χ1v) is 5.69. The third-order valence-corrected chi connectivity index (χ3v) is 3.42. The fraction of sp³-hybridized carbons (Fsp3) is 0.500. The maximum Gasteiger partial charge on any atom is 0.121 e. The lowest BCUT2D eigenvalue weighted by Crippen LogP contribution is -2.16. The van der Waals surface area contributed by atoms with Crippen molar-refractivity contribution in [2.45, 2.75) is 32.6 Å². The van der Waals surface area contributed by atoms with Crippen LogP contribution in [0.4, 0.5) is 0 Å². The van der Waals surface area contributed by atoms with Crippen molar-refractivity contribution in [1.29, 1.82) is 5.26 Å². The molecule has 1 N–H and O–H groups in total. The van der Waals surface area contributed by atoms with E-state index in [1.54, 1.807) is 0 Å². The van der Waals surface area contributed by atoms with Crippen molar-refractivity contribution < 1.29 is 0 Å². The van der Waals surface area contributed by atoms with Crippen molar-refractivity contribution in [2.75, 3.05) is 0 Å². The molecule has 3 heteroatoms. The zero-order chi connectivity index (χ0) is 11.0. The van der Waals surface area contributed by atoms with Crippen LogP contribution >= 0.6 is 12.2 Å². The van der Waals surface area contributed by atoms with Crippen LogP contribution in [-0.4, -0.2) is 4.98 Å². The normalized spacial score (nSPS) is 24.3. The molecule has 1 heterocycles. The van der Waals surface area contributed by atoms with Crippen LogP contribution in [0.2, 0.25) is 0 Å². The Hall–Kier alpha value is -1.14. The highest BCUT2D eigenvalue weighted by Crippen LogP contribution is 2.33. The summed E-state index contributed by atoms with van der Waals surface area (Å²) in [6.07, 6.45) is 2.25. The molecule has 1 aliphatic rings. The van der Waals surface area contributed by atoms with Gasteiger partial charge in [0, 0.05) is 5.69 Å². The molecular formula is C12H14N2S. The number of nitrogens with zero attached hydrogens (tertiary/aromatic N) is 1. The topological polar surface area (TPSA) is 39.6 Å². The van der Waals surface area contributed by atoms with Gasteiger partial charge < -0.3 is 4.98 Å². The highest BCUT2D eigenvalue weighted by Gasteiger charge is 2.22. The van der Waals surface area contributed by atoms with E-state index in [-0.39, 0.29) is 0 Å². The molecule has 2 unspecified atom stereocenters. The fourth-order valence-electron chi connectivity index (χ4n) is 2.46. The molecule has 15 heavy (non-hydrogen) atoms. The number of hydrogen-bond donors (Lipinski definition) is 1. The maximum absolute atomic E-state index is 8.92. The van der Waals surface area contributed by atoms with Crippen LogP contribution in [0.1, 0.15) is 43.0 Å². The summed E-state index contributed by atoms with van der Waals surface area (Å²) in [5.41, 5.74) is 3.11. The second kappa shape index (κ2) is 3.79. The Labute approximate surface area is 95.0 Å². The number of rotatable bonds is 0. The predicted octanol–water partition coefficient (Wildman–Crippen LogP) is 3.30. The first kappa shape index (κ1) is 10.4. The van der Waals surface area contributed by atoms with Gasteiger partial charge in [0.15, 0.2) is 0 Å². The molecule has 78 valence electrons. The third kappa shape index (κ3) is 1.82. The Morgan fingerprint density at radius 2 is 2.27 bits per heavy atom. The first-order valence-electron chi connectivity index (χ1n) is 5.28. The Kier molecular flexibility index (Phi) is 2.62. The Bertz CT molecular complexity index is 481. The summed E-state index contributed by atoms with van der Waals surface area (Å²) in [6.45, 7) is 4.47. The van der Waals surface area contributed by atoms with Crippen LogP contribution in [0, 0.1) is 21.9 Å². The Balaban J connectivity index is 2.58. The van der Waals surface area contributed by atoms with Crippen LogP contribution in [0.5, 0.6) is 0 Å². The van der Waals surface area contributed by atoms with Gasteiger partial charge in [0.1, 0.15) is 10.7 Å². The summed E-state index contributed by atoms with van der Waals surface area (Å²) in [7, 11) is 0. The van der Waals surface area contributed by atoms with Crippen LogP contribution in [0.15, 0.2) is 6.07 Å². The molecule has 0 aliphatic heterocycles. The predicted molar refractivity (Wildman–Crippen MR) is 62.2 cm³/mol. The van der Waals surface area contributed by atoms with Crippen LogP contribution in [0.3, 0.4) is 0 Å². The average Bonchev–Trinajstić information content (AvgIpc) is 2.18. The smallest absolute Gasteiger partial charge is 0.121 e. The van der Waals surface area contributed by atoms with Crippen molar-refractivity contribution in [3.8, 4) is 6.07 Å². The molecular weight excluding hydrogens is 204 g/mol. The van der Waals surface area contributed by atoms with E-state index < -0.39 is 0 Å². The van der Waals surface area contributed by atoms with E-state index in [0.29, 0.717) is 22.0 Å². The quantitative estimate of drug-likeness (QED) is 0.679. The maximum atomic E-state index is 8.92. The summed E-state index contributed by atoms with van der Waals surface area (Å²) >= 11 is 5.14. The molecule has 0 radical (unpaired) electrons. The number of nitriles is 1. The number of hydrogen-bond acceptors (Lipinski definition) is 2. The molecule has 2 atom stereocenters. The van der Waals surface area contributed by atoms with E-state index in [9.17, 15) is 0 Å². The summed E-state index contributed by atoms with van der Waals surface area (Å²) in [4.78, 5) is 3.21. The number of nitrogens with one attached hydrogen (secondary N) is 1. The molecule has 0 fully saturated rings. The zero-order valence-electron chi connectivity index (χ0n) is 9.00. The van der Waals surface area contributed by atoms with E-state index >= 15 is 0 Å². The molecule has 0 saturated heterocycles. The highest BCUT2D eigenvalue weighted by atomic mass is 32.1.